The highest BCUT2D eigenvalue weighted by Gasteiger charge is 2.24. The Bertz CT molecular complexity index is 3430. The number of furan rings is 1. The monoisotopic (exact) mass is 743 g/mol. The third-order valence-electron chi connectivity index (χ3n) is 11.5. The van der Waals surface area contributed by atoms with Crippen LogP contribution in [0.2, 0.25) is 0 Å². The molecule has 0 radical (unpaired) electrons. The number of benzene rings is 8. The fourth-order valence-corrected chi connectivity index (χ4v) is 8.80. The lowest BCUT2D eigenvalue weighted by Gasteiger charge is -2.24. The Morgan fingerprint density at radius 1 is 0.448 bits per heavy atom. The number of nitrogens with one attached hydrogen (secondary N) is 1. The van der Waals surface area contributed by atoms with Crippen LogP contribution in [0.5, 0.6) is 0 Å². The first-order chi connectivity index (χ1) is 28.8. The van der Waals surface area contributed by atoms with Crippen LogP contribution in [0, 0.1) is 0 Å². The van der Waals surface area contributed by atoms with Crippen molar-refractivity contribution in [1.82, 2.24) is 14.9 Å². The van der Waals surface area contributed by atoms with Gasteiger partial charge in [0.2, 0.25) is 0 Å². The van der Waals surface area contributed by atoms with Gasteiger partial charge in [0.15, 0.2) is 11.7 Å². The van der Waals surface area contributed by atoms with Crippen LogP contribution in [0.4, 0.5) is 0 Å². The van der Waals surface area contributed by atoms with E-state index in [-0.39, 0.29) is 0 Å². The molecular formula is C52H33N5O. The van der Waals surface area contributed by atoms with Gasteiger partial charge in [-0.3, -0.25) is 0 Å². The van der Waals surface area contributed by atoms with Crippen LogP contribution in [0.25, 0.3) is 82.4 Å². The second-order valence-electron chi connectivity index (χ2n) is 14.8. The number of fused-ring (bicyclic) bond motifs is 9. The number of amidine groups is 2. The van der Waals surface area contributed by atoms with Gasteiger partial charge in [0, 0.05) is 54.6 Å². The number of aromatic nitrogens is 2. The summed E-state index contributed by atoms with van der Waals surface area (Å²) in [5.74, 6) is 1.52. The van der Waals surface area contributed by atoms with Gasteiger partial charge in [0.25, 0.3) is 0 Å². The molecule has 0 saturated heterocycles. The van der Waals surface area contributed by atoms with Crippen LogP contribution in [0.1, 0.15) is 22.9 Å². The van der Waals surface area contributed by atoms with E-state index in [4.69, 9.17) is 19.4 Å². The zero-order valence-electron chi connectivity index (χ0n) is 31.2. The van der Waals surface area contributed by atoms with Crippen molar-refractivity contribution in [2.45, 2.75) is 6.17 Å². The maximum Gasteiger partial charge on any atom is 0.170 e. The van der Waals surface area contributed by atoms with Crippen molar-refractivity contribution in [2.24, 2.45) is 9.98 Å². The second-order valence-corrected chi connectivity index (χ2v) is 14.8. The van der Waals surface area contributed by atoms with Gasteiger partial charge in [-0.05, 0) is 35.7 Å². The third-order valence-corrected chi connectivity index (χ3v) is 11.5. The van der Waals surface area contributed by atoms with Crippen molar-refractivity contribution < 1.29 is 4.42 Å². The van der Waals surface area contributed by atoms with E-state index < -0.39 is 6.17 Å². The Hall–Kier alpha value is -7.83. The van der Waals surface area contributed by atoms with E-state index >= 15 is 0 Å². The summed E-state index contributed by atoms with van der Waals surface area (Å²) >= 11 is 0. The predicted molar refractivity (Wildman–Crippen MR) is 238 cm³/mol. The van der Waals surface area contributed by atoms with Crippen LogP contribution >= 0.6 is 0 Å². The normalized spacial score (nSPS) is 14.4. The largest absolute Gasteiger partial charge is 0.454 e. The quantitative estimate of drug-likeness (QED) is 0.191. The zero-order valence-corrected chi connectivity index (χ0v) is 31.2. The summed E-state index contributed by atoms with van der Waals surface area (Å²) in [4.78, 5) is 15.8. The van der Waals surface area contributed by atoms with Crippen molar-refractivity contribution in [3.05, 3.63) is 205 Å². The lowest BCUT2D eigenvalue weighted by atomic mass is 9.99. The molecule has 0 aliphatic carbocycles. The molecule has 0 spiro atoms. The van der Waals surface area contributed by atoms with Gasteiger partial charge in [-0.2, -0.15) is 0 Å². The van der Waals surface area contributed by atoms with Gasteiger partial charge in [-0.1, -0.05) is 158 Å². The molecule has 0 amide bonds. The highest BCUT2D eigenvalue weighted by Crippen LogP contribution is 2.40. The average molecular weight is 744 g/mol. The standard InChI is InChI=1S/C52H33N5O/c1-2-14-33(15-3-1)50-54-51(34-28-26-32(27-29-34)48-49-47(40-20-6-10-22-42(40)53-48)41-21-9-13-25-46(41)58-49)56-52(55-50)39-30-31-45(36-17-5-4-16-35(36)39)57-43-23-11-7-18-37(43)38-19-8-12-24-44(38)57/h1-31,52H,(H,54,55,56). The maximum absolute atomic E-state index is 6.51. The van der Waals surface area contributed by atoms with E-state index in [2.05, 4.69) is 162 Å². The Balaban J connectivity index is 0.995. The molecule has 12 rings (SSSR count). The van der Waals surface area contributed by atoms with Crippen LogP contribution in [-0.4, -0.2) is 21.2 Å². The molecule has 1 aliphatic heterocycles. The number of hydrogen-bond donors (Lipinski definition) is 1. The average Bonchev–Trinajstić information content (AvgIpc) is 3.85. The van der Waals surface area contributed by atoms with Crippen molar-refractivity contribution in [2.75, 3.05) is 0 Å². The fourth-order valence-electron chi connectivity index (χ4n) is 8.80. The van der Waals surface area contributed by atoms with E-state index in [0.29, 0.717) is 0 Å². The summed E-state index contributed by atoms with van der Waals surface area (Å²) in [7, 11) is 0. The first kappa shape index (κ1) is 32.4. The van der Waals surface area contributed by atoms with Gasteiger partial charge in [-0.25, -0.2) is 15.0 Å². The van der Waals surface area contributed by atoms with Crippen molar-refractivity contribution in [3.63, 3.8) is 0 Å². The number of aliphatic imine (C=N–C) groups is 2. The highest BCUT2D eigenvalue weighted by molar-refractivity contribution is 6.21. The fraction of sp³-hybridized carbons (Fsp3) is 0.0192. The summed E-state index contributed by atoms with van der Waals surface area (Å²) in [5, 5.41) is 11.6. The summed E-state index contributed by atoms with van der Waals surface area (Å²) in [6.45, 7) is 0. The summed E-state index contributed by atoms with van der Waals surface area (Å²) in [6, 6.07) is 65.6. The maximum atomic E-state index is 6.51. The molecule has 11 aromatic rings. The van der Waals surface area contributed by atoms with Gasteiger partial charge >= 0.3 is 0 Å². The van der Waals surface area contributed by atoms with Crippen molar-refractivity contribution in [1.29, 1.82) is 0 Å². The molecule has 3 aromatic heterocycles. The molecule has 6 heteroatoms. The van der Waals surface area contributed by atoms with Gasteiger partial charge < -0.3 is 14.3 Å². The van der Waals surface area contributed by atoms with E-state index in [1.807, 2.05) is 36.4 Å². The number of hydrogen-bond acceptors (Lipinski definition) is 5. The van der Waals surface area contributed by atoms with E-state index in [9.17, 15) is 0 Å². The van der Waals surface area contributed by atoms with Crippen LogP contribution in [-0.2, 0) is 0 Å². The molecule has 8 aromatic carbocycles. The lowest BCUT2D eigenvalue weighted by molar-refractivity contribution is 0.669. The predicted octanol–water partition coefficient (Wildman–Crippen LogP) is 12.5. The Morgan fingerprint density at radius 2 is 1.00 bits per heavy atom. The minimum atomic E-state index is -0.486. The molecule has 272 valence electrons. The van der Waals surface area contributed by atoms with Crippen molar-refractivity contribution in [3.8, 4) is 16.9 Å². The third kappa shape index (κ3) is 5.02. The van der Waals surface area contributed by atoms with E-state index in [1.165, 1.54) is 21.8 Å². The lowest BCUT2D eigenvalue weighted by Crippen LogP contribution is -2.36. The molecule has 4 heterocycles. The van der Waals surface area contributed by atoms with Crippen LogP contribution in [0.3, 0.4) is 0 Å². The van der Waals surface area contributed by atoms with Crippen LogP contribution in [0.15, 0.2) is 202 Å². The highest BCUT2D eigenvalue weighted by atomic mass is 16.3. The molecule has 1 unspecified atom stereocenters. The molecule has 1 aliphatic rings. The SMILES string of the molecule is c1ccc(C2=NC(c3ccc(-n4c5ccccc5c5ccccc54)c4ccccc34)N=C(c3ccc(-c4nc5ccccc5c5c4oc4ccccc45)cc3)N2)cc1. The number of rotatable bonds is 5. The van der Waals surface area contributed by atoms with E-state index in [1.54, 1.807) is 0 Å². The van der Waals surface area contributed by atoms with E-state index in [0.717, 1.165) is 88.9 Å². The Morgan fingerprint density at radius 3 is 1.72 bits per heavy atom. The minimum Gasteiger partial charge on any atom is -0.454 e. The second kappa shape index (κ2) is 12.9. The summed E-state index contributed by atoms with van der Waals surface area (Å²) in [5.41, 5.74) is 10.8. The zero-order chi connectivity index (χ0) is 38.2. The minimum absolute atomic E-state index is 0.486. The molecular weight excluding hydrogens is 711 g/mol. The molecule has 1 atom stereocenters. The first-order valence-corrected chi connectivity index (χ1v) is 19.6. The number of pyridine rings is 1. The molecule has 0 saturated carbocycles. The van der Waals surface area contributed by atoms with Crippen LogP contribution < -0.4 is 5.32 Å². The van der Waals surface area contributed by atoms with Gasteiger partial charge in [-0.15, -0.1) is 0 Å². The molecule has 6 nitrogen and oxygen atoms in total. The number of para-hydroxylation sites is 4. The molecule has 58 heavy (non-hydrogen) atoms. The topological polar surface area (TPSA) is 67.7 Å². The van der Waals surface area contributed by atoms with Gasteiger partial charge in [0.05, 0.1) is 22.2 Å². The molecule has 0 bridgehead atoms. The first-order valence-electron chi connectivity index (χ1n) is 19.6. The van der Waals surface area contributed by atoms with Crippen molar-refractivity contribution >= 4 is 77.1 Å². The summed E-state index contributed by atoms with van der Waals surface area (Å²) < 4.78 is 8.90. The molecule has 0 fully saturated rings. The smallest absolute Gasteiger partial charge is 0.170 e. The Kier molecular flexibility index (Phi) is 7.19. The number of nitrogens with zero attached hydrogens (tertiary/aromatic N) is 4. The summed E-state index contributed by atoms with van der Waals surface area (Å²) in [6.07, 6.45) is -0.486. The molecule has 1 N–H and O–H groups in total. The Labute approximate surface area is 333 Å². The van der Waals surface area contributed by atoms with Gasteiger partial charge in [0.1, 0.15) is 22.9 Å².